The summed E-state index contributed by atoms with van der Waals surface area (Å²) in [4.78, 5) is 41.3. The molecule has 13 heteroatoms. The van der Waals surface area contributed by atoms with Crippen molar-refractivity contribution in [2.45, 2.75) is 63.2 Å². The highest BCUT2D eigenvalue weighted by Crippen LogP contribution is 2.60. The Bertz CT molecular complexity index is 2060. The largest absolute Gasteiger partial charge is 0.432 e. The molecule has 1 spiro atoms. The molecule has 0 bridgehead atoms. The highest BCUT2D eigenvalue weighted by atomic mass is 79.9. The predicted molar refractivity (Wildman–Crippen MR) is 187 cm³/mol. The van der Waals surface area contributed by atoms with Crippen LogP contribution in [0.4, 0.5) is 5.69 Å². The van der Waals surface area contributed by atoms with Gasteiger partial charge >= 0.3 is 0 Å². The molecule has 0 radical (unpaired) electrons. The van der Waals surface area contributed by atoms with Crippen molar-refractivity contribution in [3.63, 3.8) is 0 Å². The molecule has 248 valence electrons. The summed E-state index contributed by atoms with van der Waals surface area (Å²) in [5.74, 6) is -0.454. The fraction of sp³-hybridized carbons (Fsp3) is 0.343. The SMILES string of the molecule is C[C@H]1[C@H]([Si](C)(C)O)[C@@H](CCn2cc(CCO)nn2)O[C@]12C(=O)N(Cc1ccc(-n3ncc4ccccc4c3=O)cc1)c1ccc(Br)cc12. The number of hydrogen-bond donors (Lipinski definition) is 2. The molecule has 5 aromatic rings. The van der Waals surface area contributed by atoms with Crippen molar-refractivity contribution in [1.82, 2.24) is 24.8 Å². The summed E-state index contributed by atoms with van der Waals surface area (Å²) in [6.45, 7) is 6.64. The number of carbonyl (C=O) groups excluding carboxylic acids is 1. The van der Waals surface area contributed by atoms with Crippen LogP contribution in [0.5, 0.6) is 0 Å². The number of aromatic nitrogens is 5. The van der Waals surface area contributed by atoms with Crippen LogP contribution in [-0.4, -0.2) is 61.6 Å². The van der Waals surface area contributed by atoms with E-state index in [0.29, 0.717) is 42.7 Å². The molecule has 1 saturated heterocycles. The minimum absolute atomic E-state index is 0.00371. The summed E-state index contributed by atoms with van der Waals surface area (Å²) in [7, 11) is -2.83. The lowest BCUT2D eigenvalue weighted by Crippen LogP contribution is -2.46. The monoisotopic (exact) mass is 728 g/mol. The molecule has 7 rings (SSSR count). The van der Waals surface area contributed by atoms with Crippen LogP contribution in [-0.2, 0) is 34.6 Å². The van der Waals surface area contributed by atoms with Crippen LogP contribution in [0.25, 0.3) is 16.5 Å². The maximum atomic E-state index is 14.8. The molecule has 1 amide bonds. The van der Waals surface area contributed by atoms with Crippen LogP contribution in [0.15, 0.2) is 88.4 Å². The quantitative estimate of drug-likeness (QED) is 0.209. The van der Waals surface area contributed by atoms with Crippen LogP contribution < -0.4 is 10.5 Å². The van der Waals surface area contributed by atoms with Gasteiger partial charge in [0.15, 0.2) is 13.9 Å². The van der Waals surface area contributed by atoms with Crippen LogP contribution in [0.2, 0.25) is 18.6 Å². The van der Waals surface area contributed by atoms with Gasteiger partial charge in [0.1, 0.15) is 0 Å². The smallest absolute Gasteiger partial charge is 0.279 e. The van der Waals surface area contributed by atoms with Crippen molar-refractivity contribution in [2.24, 2.45) is 5.92 Å². The van der Waals surface area contributed by atoms with Crippen LogP contribution in [0, 0.1) is 5.92 Å². The van der Waals surface area contributed by atoms with Gasteiger partial charge in [0.25, 0.3) is 11.5 Å². The number of rotatable bonds is 9. The number of aliphatic hydroxyl groups is 1. The van der Waals surface area contributed by atoms with Crippen LogP contribution >= 0.6 is 15.9 Å². The minimum atomic E-state index is -2.83. The van der Waals surface area contributed by atoms with Gasteiger partial charge < -0.3 is 19.5 Å². The third kappa shape index (κ3) is 5.53. The maximum absolute atomic E-state index is 14.8. The van der Waals surface area contributed by atoms with Crippen molar-refractivity contribution >= 4 is 46.6 Å². The Balaban J connectivity index is 1.19. The fourth-order valence-corrected chi connectivity index (χ4v) is 10.6. The van der Waals surface area contributed by atoms with E-state index < -0.39 is 13.9 Å². The molecule has 48 heavy (non-hydrogen) atoms. The first-order chi connectivity index (χ1) is 23.0. The molecular formula is C35H37BrN6O5Si. The summed E-state index contributed by atoms with van der Waals surface area (Å²) in [5, 5.41) is 23.4. The topological polar surface area (TPSA) is 136 Å². The van der Waals surface area contributed by atoms with Crippen molar-refractivity contribution in [3.05, 3.63) is 111 Å². The first-order valence-electron chi connectivity index (χ1n) is 16.1. The Labute approximate surface area is 287 Å². The van der Waals surface area contributed by atoms with Crippen molar-refractivity contribution in [2.75, 3.05) is 11.5 Å². The number of benzene rings is 3. The molecule has 4 atom stereocenters. The van der Waals surface area contributed by atoms with Gasteiger partial charge in [0.05, 0.1) is 41.3 Å². The number of hydrogen-bond acceptors (Lipinski definition) is 8. The zero-order valence-corrected chi connectivity index (χ0v) is 29.5. The summed E-state index contributed by atoms with van der Waals surface area (Å²) in [6, 6.07) is 20.7. The lowest BCUT2D eigenvalue weighted by molar-refractivity contribution is -0.146. The standard InChI is InChI=1S/C35H37BrN6O5Si/c1-22-32(48(2,3)46)31(14-16-40-21-26(15-17-43)38-39-40)47-35(22)29-18-25(36)10-13-30(29)41(34(35)45)20-23-8-11-27(12-9-23)42-33(44)28-7-5-4-6-24(28)19-37-42/h4-13,18-19,21-22,31-32,43,46H,14-17,20H2,1-3H3/t22-,31+,32-,35+/m0/s1. The van der Waals surface area contributed by atoms with E-state index in [1.54, 1.807) is 21.8 Å². The first-order valence-corrected chi connectivity index (χ1v) is 19.9. The molecule has 2 aromatic heterocycles. The van der Waals surface area contributed by atoms with E-state index in [9.17, 15) is 19.5 Å². The molecule has 3 aromatic carbocycles. The first kappa shape index (κ1) is 32.5. The second-order valence-corrected chi connectivity index (χ2v) is 18.2. The number of aryl methyl sites for hydroxylation is 1. The van der Waals surface area contributed by atoms with E-state index in [1.165, 1.54) is 4.68 Å². The van der Waals surface area contributed by atoms with Gasteiger partial charge in [0, 0.05) is 52.7 Å². The number of anilines is 1. The Morgan fingerprint density at radius 3 is 2.58 bits per heavy atom. The van der Waals surface area contributed by atoms with E-state index in [4.69, 9.17) is 4.74 Å². The van der Waals surface area contributed by atoms with E-state index in [2.05, 4.69) is 31.3 Å². The van der Waals surface area contributed by atoms with E-state index in [1.807, 2.05) is 86.9 Å². The number of carbonyl (C=O) groups is 1. The predicted octanol–water partition coefficient (Wildman–Crippen LogP) is 4.71. The molecular weight excluding hydrogens is 692 g/mol. The lowest BCUT2D eigenvalue weighted by atomic mass is 9.82. The molecule has 4 heterocycles. The van der Waals surface area contributed by atoms with Crippen LogP contribution in [0.3, 0.4) is 0 Å². The fourth-order valence-electron chi connectivity index (χ4n) is 7.61. The Morgan fingerprint density at radius 2 is 1.83 bits per heavy atom. The minimum Gasteiger partial charge on any atom is -0.432 e. The lowest BCUT2D eigenvalue weighted by Gasteiger charge is -2.32. The molecule has 0 aliphatic carbocycles. The Morgan fingerprint density at radius 1 is 1.06 bits per heavy atom. The molecule has 2 aliphatic heterocycles. The summed E-state index contributed by atoms with van der Waals surface area (Å²) < 4.78 is 10.9. The van der Waals surface area contributed by atoms with Crippen molar-refractivity contribution in [3.8, 4) is 5.69 Å². The Kier molecular flexibility index (Phi) is 8.44. The van der Waals surface area contributed by atoms with Crippen LogP contribution in [0.1, 0.15) is 30.2 Å². The molecule has 2 N–H and O–H groups in total. The average molecular weight is 730 g/mol. The van der Waals surface area contributed by atoms with Crippen molar-refractivity contribution in [1.29, 1.82) is 0 Å². The van der Waals surface area contributed by atoms with E-state index in [0.717, 1.165) is 26.7 Å². The normalized spacial score (nSPS) is 22.2. The van der Waals surface area contributed by atoms with Gasteiger partial charge in [0.2, 0.25) is 0 Å². The molecule has 2 aliphatic rings. The molecule has 11 nitrogen and oxygen atoms in total. The second kappa shape index (κ2) is 12.5. The number of fused-ring (bicyclic) bond motifs is 3. The number of nitrogens with zero attached hydrogens (tertiary/aromatic N) is 6. The highest BCUT2D eigenvalue weighted by Gasteiger charge is 2.66. The highest BCUT2D eigenvalue weighted by molar-refractivity contribution is 9.10. The zero-order chi connectivity index (χ0) is 33.8. The second-order valence-electron chi connectivity index (χ2n) is 13.3. The van der Waals surface area contributed by atoms with Gasteiger partial charge in [-0.05, 0) is 61.5 Å². The third-order valence-electron chi connectivity index (χ3n) is 9.76. The van der Waals surface area contributed by atoms with Gasteiger partial charge in [-0.1, -0.05) is 58.4 Å². The molecule has 1 fully saturated rings. The number of aliphatic hydroxyl groups excluding tert-OH is 1. The maximum Gasteiger partial charge on any atom is 0.279 e. The van der Waals surface area contributed by atoms with Crippen molar-refractivity contribution < 1.29 is 19.4 Å². The third-order valence-corrected chi connectivity index (χ3v) is 12.8. The average Bonchev–Trinajstić information content (AvgIpc) is 3.71. The number of amides is 1. The zero-order valence-electron chi connectivity index (χ0n) is 27.0. The summed E-state index contributed by atoms with van der Waals surface area (Å²) in [6.07, 6.45) is 4.07. The Hall–Kier alpha value is -4.01. The van der Waals surface area contributed by atoms with Gasteiger partial charge in [-0.2, -0.15) is 9.78 Å². The van der Waals surface area contributed by atoms with E-state index >= 15 is 0 Å². The molecule has 0 unspecified atom stereocenters. The van der Waals surface area contributed by atoms with Gasteiger partial charge in [-0.15, -0.1) is 5.10 Å². The summed E-state index contributed by atoms with van der Waals surface area (Å²) >= 11 is 3.62. The van der Waals surface area contributed by atoms with E-state index in [-0.39, 0.29) is 35.6 Å². The molecule has 0 saturated carbocycles. The number of ether oxygens (including phenoxy) is 1. The van der Waals surface area contributed by atoms with Gasteiger partial charge in [-0.25, -0.2) is 0 Å². The number of halogens is 1. The van der Waals surface area contributed by atoms with Gasteiger partial charge in [-0.3, -0.25) is 14.3 Å². The summed E-state index contributed by atoms with van der Waals surface area (Å²) in [5.41, 5.74) is 2.09.